The van der Waals surface area contributed by atoms with Crippen molar-refractivity contribution in [2.45, 2.75) is 39.2 Å². The van der Waals surface area contributed by atoms with Crippen molar-refractivity contribution in [2.75, 3.05) is 13.1 Å². The number of unbranched alkanes of at least 4 members (excludes halogenated alkanes) is 1. The van der Waals surface area contributed by atoms with Crippen LogP contribution >= 0.6 is 0 Å². The first-order valence-electron chi connectivity index (χ1n) is 6.63. The molecule has 0 radical (unpaired) electrons. The average Bonchev–Trinajstić information content (AvgIpc) is 2.75. The minimum atomic E-state index is -0.148. The first-order chi connectivity index (χ1) is 8.63. The van der Waals surface area contributed by atoms with Gasteiger partial charge in [0, 0.05) is 32.8 Å². The summed E-state index contributed by atoms with van der Waals surface area (Å²) in [5.41, 5.74) is 1.04. The third-order valence-corrected chi connectivity index (χ3v) is 2.82. The maximum absolute atomic E-state index is 11.7. The standard InChI is InChI=1S/C13H24N4O/c1-4-5-8-15-13(18)11(2)14-9-6-12-7-10-17(3)16-12/h7,10-11,14H,4-6,8-9H2,1-3H3,(H,15,18). The molecule has 0 fully saturated rings. The topological polar surface area (TPSA) is 59.0 Å². The van der Waals surface area contributed by atoms with E-state index in [1.807, 2.05) is 26.2 Å². The fourth-order valence-electron chi connectivity index (χ4n) is 1.65. The van der Waals surface area contributed by atoms with Crippen molar-refractivity contribution in [1.82, 2.24) is 20.4 Å². The Morgan fingerprint density at radius 1 is 1.50 bits per heavy atom. The largest absolute Gasteiger partial charge is 0.355 e. The molecule has 0 saturated heterocycles. The molecule has 5 heteroatoms. The van der Waals surface area contributed by atoms with Gasteiger partial charge in [0.15, 0.2) is 0 Å². The van der Waals surface area contributed by atoms with Crippen LogP contribution in [-0.4, -0.2) is 34.8 Å². The molecule has 0 aromatic carbocycles. The van der Waals surface area contributed by atoms with Crippen LogP contribution in [0.1, 0.15) is 32.4 Å². The van der Waals surface area contributed by atoms with Gasteiger partial charge in [0.1, 0.15) is 0 Å². The summed E-state index contributed by atoms with van der Waals surface area (Å²) in [6, 6.07) is 1.85. The summed E-state index contributed by atoms with van der Waals surface area (Å²) in [4.78, 5) is 11.7. The number of aromatic nitrogens is 2. The first-order valence-corrected chi connectivity index (χ1v) is 6.63. The van der Waals surface area contributed by atoms with Crippen LogP contribution in [0.15, 0.2) is 12.3 Å². The minimum absolute atomic E-state index is 0.0736. The molecule has 1 unspecified atom stereocenters. The fraction of sp³-hybridized carbons (Fsp3) is 0.692. The average molecular weight is 252 g/mol. The Labute approximate surface area is 109 Å². The molecule has 0 bridgehead atoms. The highest BCUT2D eigenvalue weighted by atomic mass is 16.2. The number of nitrogens with zero attached hydrogens (tertiary/aromatic N) is 2. The molecule has 0 aliphatic carbocycles. The Hall–Kier alpha value is -1.36. The Morgan fingerprint density at radius 3 is 2.89 bits per heavy atom. The van der Waals surface area contributed by atoms with E-state index in [0.717, 1.165) is 38.0 Å². The molecular weight excluding hydrogens is 228 g/mol. The van der Waals surface area contributed by atoms with E-state index in [1.54, 1.807) is 4.68 Å². The van der Waals surface area contributed by atoms with Crippen molar-refractivity contribution < 1.29 is 4.79 Å². The third kappa shape index (κ3) is 5.31. The summed E-state index contributed by atoms with van der Waals surface area (Å²) >= 11 is 0. The fourth-order valence-corrected chi connectivity index (χ4v) is 1.65. The van der Waals surface area contributed by atoms with Crippen molar-refractivity contribution in [2.24, 2.45) is 7.05 Å². The summed E-state index contributed by atoms with van der Waals surface area (Å²) in [7, 11) is 1.90. The lowest BCUT2D eigenvalue weighted by Gasteiger charge is -2.13. The number of hydrogen-bond donors (Lipinski definition) is 2. The van der Waals surface area contributed by atoms with Crippen molar-refractivity contribution >= 4 is 5.91 Å². The zero-order valence-corrected chi connectivity index (χ0v) is 11.6. The summed E-state index contributed by atoms with van der Waals surface area (Å²) in [6.07, 6.45) is 4.90. The Bertz CT molecular complexity index is 362. The van der Waals surface area contributed by atoms with E-state index in [1.165, 1.54) is 0 Å². The summed E-state index contributed by atoms with van der Waals surface area (Å²) in [5.74, 6) is 0.0736. The van der Waals surface area contributed by atoms with Gasteiger partial charge in [-0.1, -0.05) is 13.3 Å². The molecule has 0 spiro atoms. The van der Waals surface area contributed by atoms with Crippen LogP contribution in [-0.2, 0) is 18.3 Å². The SMILES string of the molecule is CCCCNC(=O)C(C)NCCc1ccn(C)n1. The molecule has 1 aromatic rings. The van der Waals surface area contributed by atoms with Gasteiger partial charge in [-0.3, -0.25) is 9.48 Å². The van der Waals surface area contributed by atoms with Crippen LogP contribution in [0.25, 0.3) is 0 Å². The highest BCUT2D eigenvalue weighted by Gasteiger charge is 2.10. The van der Waals surface area contributed by atoms with Crippen LogP contribution in [0.2, 0.25) is 0 Å². The number of hydrogen-bond acceptors (Lipinski definition) is 3. The van der Waals surface area contributed by atoms with E-state index >= 15 is 0 Å². The van der Waals surface area contributed by atoms with E-state index in [-0.39, 0.29) is 11.9 Å². The quantitative estimate of drug-likeness (QED) is 0.675. The van der Waals surface area contributed by atoms with Gasteiger partial charge in [-0.15, -0.1) is 0 Å². The predicted octanol–water partition coefficient (Wildman–Crippen LogP) is 0.857. The maximum atomic E-state index is 11.7. The van der Waals surface area contributed by atoms with Crippen molar-refractivity contribution in [3.63, 3.8) is 0 Å². The number of carbonyl (C=O) groups excluding carboxylic acids is 1. The zero-order valence-electron chi connectivity index (χ0n) is 11.6. The van der Waals surface area contributed by atoms with Gasteiger partial charge < -0.3 is 10.6 Å². The van der Waals surface area contributed by atoms with E-state index in [2.05, 4.69) is 22.7 Å². The summed E-state index contributed by atoms with van der Waals surface area (Å²) in [5, 5.41) is 10.4. The van der Waals surface area contributed by atoms with E-state index in [9.17, 15) is 4.79 Å². The normalized spacial score (nSPS) is 12.4. The third-order valence-electron chi connectivity index (χ3n) is 2.82. The van der Waals surface area contributed by atoms with Crippen molar-refractivity contribution in [3.05, 3.63) is 18.0 Å². The Kier molecular flexibility index (Phi) is 6.43. The highest BCUT2D eigenvalue weighted by molar-refractivity contribution is 5.81. The second kappa shape index (κ2) is 7.87. The van der Waals surface area contributed by atoms with Crippen molar-refractivity contribution in [3.8, 4) is 0 Å². The van der Waals surface area contributed by atoms with Crippen LogP contribution in [0.5, 0.6) is 0 Å². The van der Waals surface area contributed by atoms with Crippen LogP contribution < -0.4 is 10.6 Å². The van der Waals surface area contributed by atoms with Gasteiger partial charge in [-0.2, -0.15) is 5.10 Å². The number of aryl methyl sites for hydroxylation is 1. The lowest BCUT2D eigenvalue weighted by atomic mass is 10.2. The van der Waals surface area contributed by atoms with Crippen LogP contribution in [0.4, 0.5) is 0 Å². The molecule has 1 rings (SSSR count). The number of nitrogens with one attached hydrogen (secondary N) is 2. The second-order valence-electron chi connectivity index (χ2n) is 4.55. The predicted molar refractivity (Wildman–Crippen MR) is 72.3 cm³/mol. The number of carbonyl (C=O) groups is 1. The zero-order chi connectivity index (χ0) is 13.4. The molecule has 5 nitrogen and oxygen atoms in total. The van der Waals surface area contributed by atoms with Gasteiger partial charge in [-0.05, 0) is 19.4 Å². The summed E-state index contributed by atoms with van der Waals surface area (Å²) in [6.45, 7) is 5.53. The molecule has 0 aliphatic rings. The maximum Gasteiger partial charge on any atom is 0.236 e. The van der Waals surface area contributed by atoms with Gasteiger partial charge >= 0.3 is 0 Å². The van der Waals surface area contributed by atoms with Gasteiger partial charge in [0.25, 0.3) is 0 Å². The minimum Gasteiger partial charge on any atom is -0.355 e. The van der Waals surface area contributed by atoms with Gasteiger partial charge in [-0.25, -0.2) is 0 Å². The van der Waals surface area contributed by atoms with Gasteiger partial charge in [0.05, 0.1) is 11.7 Å². The second-order valence-corrected chi connectivity index (χ2v) is 4.55. The number of amides is 1. The highest BCUT2D eigenvalue weighted by Crippen LogP contribution is 1.94. The first kappa shape index (κ1) is 14.7. The van der Waals surface area contributed by atoms with E-state index < -0.39 is 0 Å². The van der Waals surface area contributed by atoms with Crippen LogP contribution in [0, 0.1) is 0 Å². The molecule has 2 N–H and O–H groups in total. The smallest absolute Gasteiger partial charge is 0.236 e. The molecule has 1 atom stereocenters. The monoisotopic (exact) mass is 252 g/mol. The van der Waals surface area contributed by atoms with Gasteiger partial charge in [0.2, 0.25) is 5.91 Å². The lowest BCUT2D eigenvalue weighted by molar-refractivity contribution is -0.122. The van der Waals surface area contributed by atoms with E-state index in [4.69, 9.17) is 0 Å². The molecule has 1 amide bonds. The lowest BCUT2D eigenvalue weighted by Crippen LogP contribution is -2.43. The molecular formula is C13H24N4O. The molecule has 0 aliphatic heterocycles. The molecule has 102 valence electrons. The molecule has 1 heterocycles. The summed E-state index contributed by atoms with van der Waals surface area (Å²) < 4.78 is 1.79. The number of rotatable bonds is 8. The van der Waals surface area contributed by atoms with E-state index in [0.29, 0.717) is 0 Å². The van der Waals surface area contributed by atoms with Crippen molar-refractivity contribution in [1.29, 1.82) is 0 Å². The Morgan fingerprint density at radius 2 is 2.28 bits per heavy atom. The molecule has 1 aromatic heterocycles. The Balaban J connectivity index is 2.16. The molecule has 0 saturated carbocycles. The van der Waals surface area contributed by atoms with Crippen LogP contribution in [0.3, 0.4) is 0 Å². The molecule has 18 heavy (non-hydrogen) atoms.